The first-order valence-electron chi connectivity index (χ1n) is 4.03. The van der Waals surface area contributed by atoms with E-state index in [1.54, 1.807) is 24.3 Å². The smallest absolute Gasteiger partial charge is 0.180 e. The van der Waals surface area contributed by atoms with Gasteiger partial charge in [-0.1, -0.05) is 15.9 Å². The fourth-order valence-electron chi connectivity index (χ4n) is 0.953. The fraction of sp³-hybridized carbons (Fsp3) is 0.333. The molecule has 0 radical (unpaired) electrons. The molecule has 0 aliphatic carbocycles. The summed E-state index contributed by atoms with van der Waals surface area (Å²) >= 11 is 3.25. The number of halogens is 1. The Labute approximate surface area is 92.1 Å². The Morgan fingerprint density at radius 3 is 2.36 bits per heavy atom. The summed E-state index contributed by atoms with van der Waals surface area (Å²) < 4.78 is 28.8. The lowest BCUT2D eigenvalue weighted by Gasteiger charge is -2.03. The van der Waals surface area contributed by atoms with Gasteiger partial charge in [-0.2, -0.15) is 0 Å². The molecule has 0 bridgehead atoms. The third-order valence-corrected chi connectivity index (χ3v) is 3.95. The molecule has 0 saturated heterocycles. The second-order valence-corrected chi connectivity index (χ2v) is 5.79. The van der Waals surface area contributed by atoms with Gasteiger partial charge in [0.2, 0.25) is 0 Å². The molecule has 0 amide bonds. The number of sulfone groups is 1. The van der Waals surface area contributed by atoms with Gasteiger partial charge in [-0.05, 0) is 24.3 Å². The van der Waals surface area contributed by atoms with Crippen molar-refractivity contribution in [2.75, 3.05) is 19.5 Å². The van der Waals surface area contributed by atoms with Crippen LogP contribution in [0.4, 0.5) is 0 Å². The summed E-state index contributed by atoms with van der Waals surface area (Å²) in [4.78, 5) is 0.331. The van der Waals surface area contributed by atoms with Gasteiger partial charge in [-0.3, -0.25) is 0 Å². The minimum atomic E-state index is -3.19. The molecule has 1 aromatic carbocycles. The monoisotopic (exact) mass is 278 g/mol. The maximum absolute atomic E-state index is 11.6. The van der Waals surface area contributed by atoms with E-state index in [2.05, 4.69) is 15.9 Å². The third kappa shape index (κ3) is 3.08. The van der Waals surface area contributed by atoms with E-state index in [1.807, 2.05) is 0 Å². The summed E-state index contributed by atoms with van der Waals surface area (Å²) in [7, 11) is -1.70. The summed E-state index contributed by atoms with van der Waals surface area (Å²) in [5.41, 5.74) is 0. The molecule has 0 spiro atoms. The van der Waals surface area contributed by atoms with Crippen LogP contribution < -0.4 is 0 Å². The summed E-state index contributed by atoms with van der Waals surface area (Å²) in [5, 5.41) is 0. The number of methoxy groups -OCH3 is 1. The second-order valence-electron chi connectivity index (χ2n) is 2.77. The average molecular weight is 279 g/mol. The zero-order valence-electron chi connectivity index (χ0n) is 7.73. The molecule has 1 aromatic rings. The van der Waals surface area contributed by atoms with E-state index < -0.39 is 9.84 Å². The maximum atomic E-state index is 11.6. The van der Waals surface area contributed by atoms with Crippen molar-refractivity contribution in [2.24, 2.45) is 0 Å². The van der Waals surface area contributed by atoms with Gasteiger partial charge in [0.1, 0.15) is 0 Å². The standard InChI is InChI=1S/C9H11BrO3S/c1-13-6-7-14(11,12)9-4-2-8(10)3-5-9/h2-5H,6-7H2,1H3. The van der Waals surface area contributed by atoms with E-state index in [1.165, 1.54) is 7.11 Å². The van der Waals surface area contributed by atoms with Crippen LogP contribution in [0.25, 0.3) is 0 Å². The van der Waals surface area contributed by atoms with Gasteiger partial charge in [0.05, 0.1) is 17.3 Å². The lowest BCUT2D eigenvalue weighted by Crippen LogP contribution is -2.11. The third-order valence-electron chi connectivity index (χ3n) is 1.73. The van der Waals surface area contributed by atoms with Gasteiger partial charge in [0.25, 0.3) is 0 Å². The summed E-state index contributed by atoms with van der Waals surface area (Å²) in [5.74, 6) is 0.0190. The quantitative estimate of drug-likeness (QED) is 0.845. The molecular weight excluding hydrogens is 268 g/mol. The van der Waals surface area contributed by atoms with Crippen LogP contribution in [0.1, 0.15) is 0 Å². The highest BCUT2D eigenvalue weighted by Crippen LogP contribution is 2.15. The van der Waals surface area contributed by atoms with E-state index in [9.17, 15) is 8.42 Å². The van der Waals surface area contributed by atoms with E-state index >= 15 is 0 Å². The summed E-state index contributed by atoms with van der Waals surface area (Å²) in [6.45, 7) is 0.221. The van der Waals surface area contributed by atoms with Crippen LogP contribution in [0.5, 0.6) is 0 Å². The first kappa shape index (κ1) is 11.7. The number of hydrogen-bond donors (Lipinski definition) is 0. The molecule has 0 fully saturated rings. The lowest BCUT2D eigenvalue weighted by atomic mass is 10.4. The molecule has 78 valence electrons. The van der Waals surface area contributed by atoms with E-state index in [0.717, 1.165) is 4.47 Å². The van der Waals surface area contributed by atoms with Crippen molar-refractivity contribution in [3.05, 3.63) is 28.7 Å². The molecule has 0 saturated carbocycles. The first-order chi connectivity index (χ1) is 6.56. The summed E-state index contributed by atoms with van der Waals surface area (Å²) in [6.07, 6.45) is 0. The molecule has 0 aliphatic rings. The molecule has 0 aromatic heterocycles. The van der Waals surface area contributed by atoms with Crippen LogP contribution in [0.2, 0.25) is 0 Å². The highest BCUT2D eigenvalue weighted by molar-refractivity contribution is 9.10. The number of hydrogen-bond acceptors (Lipinski definition) is 3. The van der Waals surface area contributed by atoms with Crippen molar-refractivity contribution in [3.63, 3.8) is 0 Å². The normalized spacial score (nSPS) is 11.6. The molecular formula is C9H11BrO3S. The molecule has 0 heterocycles. The Morgan fingerprint density at radius 2 is 1.86 bits per heavy atom. The van der Waals surface area contributed by atoms with Gasteiger partial charge in [0.15, 0.2) is 9.84 Å². The minimum Gasteiger partial charge on any atom is -0.384 e. The Balaban J connectivity index is 2.87. The molecule has 3 nitrogen and oxygen atoms in total. The van der Waals surface area contributed by atoms with E-state index in [0.29, 0.717) is 4.90 Å². The highest BCUT2D eigenvalue weighted by Gasteiger charge is 2.13. The van der Waals surface area contributed by atoms with Crippen molar-refractivity contribution in [2.45, 2.75) is 4.90 Å². The van der Waals surface area contributed by atoms with Gasteiger partial charge in [0, 0.05) is 11.6 Å². The van der Waals surface area contributed by atoms with Crippen LogP contribution in [0.3, 0.4) is 0 Å². The second kappa shape index (κ2) is 4.91. The Kier molecular flexibility index (Phi) is 4.10. The van der Waals surface area contributed by atoms with Gasteiger partial charge in [-0.15, -0.1) is 0 Å². The molecule has 14 heavy (non-hydrogen) atoms. The average Bonchev–Trinajstić information content (AvgIpc) is 2.16. The molecule has 0 aliphatic heterocycles. The SMILES string of the molecule is COCCS(=O)(=O)c1ccc(Br)cc1. The molecule has 0 N–H and O–H groups in total. The number of benzene rings is 1. The van der Waals surface area contributed by atoms with Crippen molar-refractivity contribution in [1.29, 1.82) is 0 Å². The van der Waals surface area contributed by atoms with Crippen LogP contribution in [0, 0.1) is 0 Å². The topological polar surface area (TPSA) is 43.4 Å². The van der Waals surface area contributed by atoms with Crippen molar-refractivity contribution < 1.29 is 13.2 Å². The van der Waals surface area contributed by atoms with Crippen molar-refractivity contribution >= 4 is 25.8 Å². The van der Waals surface area contributed by atoms with E-state index in [-0.39, 0.29) is 12.4 Å². The zero-order chi connectivity index (χ0) is 10.6. The van der Waals surface area contributed by atoms with Gasteiger partial charge in [-0.25, -0.2) is 8.42 Å². The Hall–Kier alpha value is -0.390. The first-order valence-corrected chi connectivity index (χ1v) is 6.48. The molecule has 5 heteroatoms. The zero-order valence-corrected chi connectivity index (χ0v) is 10.1. The van der Waals surface area contributed by atoms with Crippen molar-refractivity contribution in [1.82, 2.24) is 0 Å². The number of ether oxygens (including phenoxy) is 1. The predicted molar refractivity (Wildman–Crippen MR) is 58.1 cm³/mol. The Bertz CT molecular complexity index is 383. The fourth-order valence-corrected chi connectivity index (χ4v) is 2.39. The van der Waals surface area contributed by atoms with Crippen LogP contribution in [0.15, 0.2) is 33.6 Å². The van der Waals surface area contributed by atoms with E-state index in [4.69, 9.17) is 4.74 Å². The van der Waals surface area contributed by atoms with Crippen LogP contribution in [-0.2, 0) is 14.6 Å². The van der Waals surface area contributed by atoms with Crippen LogP contribution >= 0.6 is 15.9 Å². The predicted octanol–water partition coefficient (Wildman–Crippen LogP) is 1.87. The number of rotatable bonds is 4. The largest absolute Gasteiger partial charge is 0.384 e. The lowest BCUT2D eigenvalue weighted by molar-refractivity contribution is 0.217. The Morgan fingerprint density at radius 1 is 1.29 bits per heavy atom. The highest BCUT2D eigenvalue weighted by atomic mass is 79.9. The van der Waals surface area contributed by atoms with Gasteiger partial charge < -0.3 is 4.74 Å². The van der Waals surface area contributed by atoms with Crippen LogP contribution in [-0.4, -0.2) is 27.9 Å². The minimum absolute atomic E-state index is 0.0190. The van der Waals surface area contributed by atoms with Gasteiger partial charge >= 0.3 is 0 Å². The molecule has 0 unspecified atom stereocenters. The maximum Gasteiger partial charge on any atom is 0.180 e. The molecule has 0 atom stereocenters. The van der Waals surface area contributed by atoms with Crippen molar-refractivity contribution in [3.8, 4) is 0 Å². The summed E-state index contributed by atoms with van der Waals surface area (Å²) in [6, 6.07) is 6.57. The molecule has 1 rings (SSSR count).